The number of furan rings is 1. The number of aryl methyl sites for hydroxylation is 1. The molecule has 0 unspecified atom stereocenters. The van der Waals surface area contributed by atoms with E-state index < -0.39 is 33.9 Å². The number of hydrogen-bond donors (Lipinski definition) is 3. The Labute approximate surface area is 153 Å². The molecule has 2 aliphatic carbocycles. The van der Waals surface area contributed by atoms with Crippen LogP contribution in [0.1, 0.15) is 45.1 Å². The number of ether oxygens (including phenoxy) is 2. The molecule has 7 atom stereocenters. The van der Waals surface area contributed by atoms with Crippen molar-refractivity contribution in [3.63, 3.8) is 0 Å². The van der Waals surface area contributed by atoms with E-state index in [1.165, 1.54) is 0 Å². The molecule has 4 fully saturated rings. The maximum Gasteiger partial charge on any atom is 0.182 e. The molecule has 1 spiro atoms. The van der Waals surface area contributed by atoms with E-state index in [0.29, 0.717) is 32.3 Å². The predicted molar refractivity (Wildman–Crippen MR) is 91.1 cm³/mol. The lowest BCUT2D eigenvalue weighted by molar-refractivity contribution is -0.451. The molecule has 144 valence electrons. The average Bonchev–Trinajstić information content (AvgIpc) is 3.14. The molecule has 2 saturated carbocycles. The highest BCUT2D eigenvalue weighted by atomic mass is 16.7. The Bertz CT molecular complexity index is 716. The fourth-order valence-electron chi connectivity index (χ4n) is 6.69. The first kappa shape index (κ1) is 17.2. The van der Waals surface area contributed by atoms with Gasteiger partial charge in [-0.25, -0.2) is 0 Å². The van der Waals surface area contributed by atoms with Gasteiger partial charge in [0, 0.05) is 17.8 Å². The second-order valence-electron chi connectivity index (χ2n) is 9.42. The Balaban J connectivity index is 1.60. The third kappa shape index (κ3) is 1.71. The highest BCUT2D eigenvalue weighted by molar-refractivity contribution is 5.30. The number of aliphatic hydroxyl groups is 3. The van der Waals surface area contributed by atoms with Crippen LogP contribution in [-0.2, 0) is 15.9 Å². The maximum atomic E-state index is 11.5. The molecule has 26 heavy (non-hydrogen) atoms. The fraction of sp³-hybridized carbons (Fsp3) is 0.800. The van der Waals surface area contributed by atoms with Crippen molar-refractivity contribution in [2.45, 2.75) is 69.0 Å². The standard InChI is InChI=1S/C20H28O6/c1-16(6-3-13-5-8-24-9-13)15-14(21)4-7-18(23)11-25-20(10-17(16,2)22)19(15,18)12-26-20/h5,8-9,14-15,21-23H,3-4,6-7,10-12H2,1-2H3/t14-,15+,16+,17-,18-,19+,20-/m0/s1. The fourth-order valence-corrected chi connectivity index (χ4v) is 6.69. The Kier molecular flexibility index (Phi) is 3.25. The number of aliphatic hydroxyl groups excluding tert-OH is 1. The predicted octanol–water partition coefficient (Wildman–Crippen LogP) is 1.62. The molecule has 2 saturated heterocycles. The van der Waals surface area contributed by atoms with Gasteiger partial charge in [-0.1, -0.05) is 6.92 Å². The molecular formula is C20H28O6. The average molecular weight is 364 g/mol. The van der Waals surface area contributed by atoms with Crippen LogP contribution in [0.3, 0.4) is 0 Å². The summed E-state index contributed by atoms with van der Waals surface area (Å²) in [5.74, 6) is -1.27. The minimum atomic E-state index is -1.09. The summed E-state index contributed by atoms with van der Waals surface area (Å²) in [6.45, 7) is 4.47. The molecule has 3 N–H and O–H groups in total. The van der Waals surface area contributed by atoms with E-state index in [4.69, 9.17) is 13.9 Å². The van der Waals surface area contributed by atoms with Gasteiger partial charge in [-0.2, -0.15) is 0 Å². The first-order valence-electron chi connectivity index (χ1n) is 9.62. The Morgan fingerprint density at radius 1 is 1.19 bits per heavy atom. The van der Waals surface area contributed by atoms with Crippen LogP contribution in [0.15, 0.2) is 23.0 Å². The van der Waals surface area contributed by atoms with Crippen molar-refractivity contribution < 1.29 is 29.2 Å². The summed E-state index contributed by atoms with van der Waals surface area (Å²) < 4.78 is 17.1. The molecular weight excluding hydrogens is 336 g/mol. The third-order valence-corrected chi connectivity index (χ3v) is 8.36. The van der Waals surface area contributed by atoms with Crippen molar-refractivity contribution in [1.82, 2.24) is 0 Å². The topological polar surface area (TPSA) is 92.3 Å². The zero-order chi connectivity index (χ0) is 18.4. The molecule has 5 rings (SSSR count). The van der Waals surface area contributed by atoms with Crippen molar-refractivity contribution in [3.8, 4) is 0 Å². The van der Waals surface area contributed by atoms with Crippen LogP contribution in [0, 0.1) is 16.7 Å². The van der Waals surface area contributed by atoms with Gasteiger partial charge in [-0.3, -0.25) is 0 Å². The molecule has 2 aliphatic heterocycles. The van der Waals surface area contributed by atoms with Gasteiger partial charge in [0.05, 0.1) is 42.9 Å². The van der Waals surface area contributed by atoms with Gasteiger partial charge in [0.15, 0.2) is 5.79 Å². The van der Waals surface area contributed by atoms with Crippen LogP contribution in [0.2, 0.25) is 0 Å². The normalized spacial score (nSPS) is 55.1. The summed E-state index contributed by atoms with van der Waals surface area (Å²) in [5.41, 5.74) is -2.24. The molecule has 1 aromatic rings. The summed E-state index contributed by atoms with van der Waals surface area (Å²) in [6, 6.07) is 1.93. The van der Waals surface area contributed by atoms with Crippen molar-refractivity contribution in [1.29, 1.82) is 0 Å². The molecule has 4 aliphatic rings. The first-order valence-corrected chi connectivity index (χ1v) is 9.62. The highest BCUT2D eigenvalue weighted by Crippen LogP contribution is 2.76. The smallest absolute Gasteiger partial charge is 0.182 e. The summed E-state index contributed by atoms with van der Waals surface area (Å²) >= 11 is 0. The summed E-state index contributed by atoms with van der Waals surface area (Å²) in [6.07, 6.45) is 5.55. The van der Waals surface area contributed by atoms with Crippen molar-refractivity contribution >= 4 is 0 Å². The number of hydrogen-bond acceptors (Lipinski definition) is 6. The van der Waals surface area contributed by atoms with E-state index in [0.717, 1.165) is 12.0 Å². The Morgan fingerprint density at radius 3 is 2.62 bits per heavy atom. The van der Waals surface area contributed by atoms with E-state index in [1.54, 1.807) is 12.5 Å². The molecule has 3 heterocycles. The van der Waals surface area contributed by atoms with Crippen LogP contribution >= 0.6 is 0 Å². The highest BCUT2D eigenvalue weighted by Gasteiger charge is 2.86. The van der Waals surface area contributed by atoms with Gasteiger partial charge < -0.3 is 29.2 Å². The minimum absolute atomic E-state index is 0.212. The summed E-state index contributed by atoms with van der Waals surface area (Å²) in [7, 11) is 0. The van der Waals surface area contributed by atoms with Gasteiger partial charge in [0.2, 0.25) is 0 Å². The van der Waals surface area contributed by atoms with Gasteiger partial charge in [-0.15, -0.1) is 0 Å². The van der Waals surface area contributed by atoms with Crippen LogP contribution in [0.25, 0.3) is 0 Å². The Morgan fingerprint density at radius 2 is 1.96 bits per heavy atom. The van der Waals surface area contributed by atoms with Crippen LogP contribution < -0.4 is 0 Å². The van der Waals surface area contributed by atoms with Gasteiger partial charge >= 0.3 is 0 Å². The molecule has 6 heteroatoms. The van der Waals surface area contributed by atoms with Crippen molar-refractivity contribution in [2.24, 2.45) is 16.7 Å². The Hall–Kier alpha value is -0.920. The zero-order valence-corrected chi connectivity index (χ0v) is 15.4. The largest absolute Gasteiger partial charge is 0.472 e. The lowest BCUT2D eigenvalue weighted by atomic mass is 9.38. The lowest BCUT2D eigenvalue weighted by Gasteiger charge is -2.73. The molecule has 0 aromatic carbocycles. The quantitative estimate of drug-likeness (QED) is 0.755. The zero-order valence-electron chi connectivity index (χ0n) is 15.4. The molecule has 0 radical (unpaired) electrons. The van der Waals surface area contributed by atoms with Crippen molar-refractivity contribution in [2.75, 3.05) is 13.2 Å². The lowest BCUT2D eigenvalue weighted by Crippen LogP contribution is -2.83. The van der Waals surface area contributed by atoms with Gasteiger partial charge in [0.1, 0.15) is 5.60 Å². The molecule has 0 amide bonds. The van der Waals surface area contributed by atoms with E-state index in [9.17, 15) is 15.3 Å². The van der Waals surface area contributed by atoms with Gasteiger partial charge in [0.25, 0.3) is 0 Å². The van der Waals surface area contributed by atoms with Crippen LogP contribution in [0.4, 0.5) is 0 Å². The number of rotatable bonds is 3. The molecule has 1 aromatic heterocycles. The maximum absolute atomic E-state index is 11.5. The van der Waals surface area contributed by atoms with E-state index in [-0.39, 0.29) is 12.5 Å². The molecule has 6 nitrogen and oxygen atoms in total. The van der Waals surface area contributed by atoms with Gasteiger partial charge in [-0.05, 0) is 44.2 Å². The SMILES string of the molecule is C[C@]1(O)C[C@@]23OC[C@@]4(O)CC[C@H](O)[C@@H]([C@]42CO3)[C@@]1(C)CCc1ccoc1. The van der Waals surface area contributed by atoms with E-state index in [2.05, 4.69) is 6.92 Å². The van der Waals surface area contributed by atoms with Crippen LogP contribution in [-0.4, -0.2) is 51.6 Å². The van der Waals surface area contributed by atoms with Crippen LogP contribution in [0.5, 0.6) is 0 Å². The summed E-state index contributed by atoms with van der Waals surface area (Å²) in [5, 5.41) is 34.0. The second kappa shape index (κ2) is 4.92. The van der Waals surface area contributed by atoms with E-state index >= 15 is 0 Å². The first-order chi connectivity index (χ1) is 12.2. The molecule has 0 bridgehead atoms. The monoisotopic (exact) mass is 364 g/mol. The second-order valence-corrected chi connectivity index (χ2v) is 9.42. The summed E-state index contributed by atoms with van der Waals surface area (Å²) in [4.78, 5) is 0. The van der Waals surface area contributed by atoms with Crippen molar-refractivity contribution in [3.05, 3.63) is 24.2 Å². The minimum Gasteiger partial charge on any atom is -0.472 e. The van der Waals surface area contributed by atoms with E-state index in [1.807, 2.05) is 13.0 Å². The third-order valence-electron chi connectivity index (χ3n) is 8.36.